The maximum atomic E-state index is 11.4. The van der Waals surface area contributed by atoms with Crippen molar-refractivity contribution in [2.24, 2.45) is 5.92 Å². The molecule has 0 saturated carbocycles. The number of aliphatic carboxylic acids is 1. The van der Waals surface area contributed by atoms with Crippen LogP contribution < -0.4 is 0 Å². The van der Waals surface area contributed by atoms with Crippen molar-refractivity contribution in [2.45, 2.75) is 103 Å². The highest BCUT2D eigenvalue weighted by molar-refractivity contribution is 5.68. The summed E-state index contributed by atoms with van der Waals surface area (Å²) in [6, 6.07) is 0. The van der Waals surface area contributed by atoms with Crippen LogP contribution in [0.3, 0.4) is 0 Å². The summed E-state index contributed by atoms with van der Waals surface area (Å²) in [5, 5.41) is 9.13. The highest BCUT2D eigenvalue weighted by Crippen LogP contribution is 2.46. The number of carbonyl (C=O) groups excluding carboxylic acids is 1. The van der Waals surface area contributed by atoms with Gasteiger partial charge in [0, 0.05) is 13.3 Å². The first-order chi connectivity index (χ1) is 13.1. The lowest BCUT2D eigenvalue weighted by molar-refractivity contribution is -0.242. The van der Waals surface area contributed by atoms with Crippen molar-refractivity contribution < 1.29 is 28.9 Å². The minimum absolute atomic E-state index is 0.00500. The molecule has 2 fully saturated rings. The van der Waals surface area contributed by atoms with Crippen molar-refractivity contribution >= 4 is 11.9 Å². The Morgan fingerprint density at radius 1 is 1.32 bits per heavy atom. The second-order valence-corrected chi connectivity index (χ2v) is 9.03. The molecule has 6 heteroatoms. The molecule has 0 aromatic carbocycles. The van der Waals surface area contributed by atoms with Gasteiger partial charge in [-0.2, -0.15) is 0 Å². The fourth-order valence-corrected chi connectivity index (χ4v) is 4.35. The number of carbonyl (C=O) groups is 2. The molecule has 0 aromatic heterocycles. The van der Waals surface area contributed by atoms with Gasteiger partial charge in [0.05, 0.1) is 24.7 Å². The van der Waals surface area contributed by atoms with E-state index in [1.165, 1.54) is 12.5 Å². The molecule has 28 heavy (non-hydrogen) atoms. The van der Waals surface area contributed by atoms with E-state index in [-0.39, 0.29) is 36.1 Å². The normalized spacial score (nSPS) is 31.1. The van der Waals surface area contributed by atoms with Gasteiger partial charge in [-0.3, -0.25) is 9.59 Å². The molecule has 5 atom stereocenters. The van der Waals surface area contributed by atoms with E-state index in [1.807, 2.05) is 13.8 Å². The Hall–Kier alpha value is -1.40. The van der Waals surface area contributed by atoms with Crippen LogP contribution in [-0.2, 0) is 23.8 Å². The average Bonchev–Trinajstić information content (AvgIpc) is 2.95. The van der Waals surface area contributed by atoms with Gasteiger partial charge in [0.1, 0.15) is 11.7 Å². The van der Waals surface area contributed by atoms with Crippen LogP contribution >= 0.6 is 0 Å². The summed E-state index contributed by atoms with van der Waals surface area (Å²) in [6.45, 7) is 10.1. The van der Waals surface area contributed by atoms with Crippen LogP contribution in [0.2, 0.25) is 0 Å². The maximum Gasteiger partial charge on any atom is 0.306 e. The minimum atomic E-state index is -0.838. The summed E-state index contributed by atoms with van der Waals surface area (Å²) in [5.41, 5.74) is 0.194. The van der Waals surface area contributed by atoms with E-state index in [2.05, 4.69) is 19.9 Å². The monoisotopic (exact) mass is 396 g/mol. The van der Waals surface area contributed by atoms with Crippen LogP contribution in [0, 0.1) is 5.92 Å². The molecule has 6 nitrogen and oxygen atoms in total. The number of hydrogen-bond acceptors (Lipinski definition) is 5. The molecular weight excluding hydrogens is 360 g/mol. The fourth-order valence-electron chi connectivity index (χ4n) is 4.35. The van der Waals surface area contributed by atoms with Crippen LogP contribution in [0.25, 0.3) is 0 Å². The Labute approximate surface area is 168 Å². The summed E-state index contributed by atoms with van der Waals surface area (Å²) in [4.78, 5) is 22.6. The quantitative estimate of drug-likeness (QED) is 0.439. The van der Waals surface area contributed by atoms with E-state index in [0.29, 0.717) is 6.61 Å². The summed E-state index contributed by atoms with van der Waals surface area (Å²) in [7, 11) is 0. The molecule has 5 unspecified atom stereocenters. The molecule has 0 spiro atoms. The molecule has 2 aliphatic rings. The highest BCUT2D eigenvalue weighted by Gasteiger charge is 2.54. The van der Waals surface area contributed by atoms with E-state index in [1.54, 1.807) is 0 Å². The molecular formula is C22H36O6. The number of carboxylic acids is 1. The third kappa shape index (κ3) is 6.05. The Balaban J connectivity index is 1.87. The van der Waals surface area contributed by atoms with Gasteiger partial charge in [-0.25, -0.2) is 0 Å². The van der Waals surface area contributed by atoms with Crippen LogP contribution in [0.1, 0.15) is 79.6 Å². The second kappa shape index (κ2) is 9.40. The van der Waals surface area contributed by atoms with Gasteiger partial charge in [0.25, 0.3) is 0 Å². The number of fused-ring (bicyclic) bond motifs is 2. The maximum absolute atomic E-state index is 11.4. The Kier molecular flexibility index (Phi) is 7.68. The Morgan fingerprint density at radius 2 is 2.04 bits per heavy atom. The fraction of sp³-hybridized carbons (Fsp3) is 0.818. The molecule has 2 bridgehead atoms. The lowest BCUT2D eigenvalue weighted by Gasteiger charge is -2.44. The van der Waals surface area contributed by atoms with Gasteiger partial charge in [-0.1, -0.05) is 25.0 Å². The van der Waals surface area contributed by atoms with Crippen molar-refractivity contribution in [1.29, 1.82) is 0 Å². The van der Waals surface area contributed by atoms with Crippen molar-refractivity contribution in [3.8, 4) is 0 Å². The molecule has 1 N–H and O–H groups in total. The molecule has 160 valence electrons. The molecule has 0 aromatic rings. The van der Waals surface area contributed by atoms with Gasteiger partial charge < -0.3 is 19.3 Å². The molecule has 0 aliphatic carbocycles. The molecule has 2 heterocycles. The summed E-state index contributed by atoms with van der Waals surface area (Å²) >= 11 is 0. The number of allylic oxidation sites excluding steroid dienone is 1. The number of esters is 1. The van der Waals surface area contributed by atoms with Gasteiger partial charge in [-0.15, -0.1) is 0 Å². The summed E-state index contributed by atoms with van der Waals surface area (Å²) in [5.74, 6) is -0.826. The predicted molar refractivity (Wildman–Crippen MR) is 106 cm³/mol. The second-order valence-electron chi connectivity index (χ2n) is 9.03. The van der Waals surface area contributed by atoms with Gasteiger partial charge in [0.2, 0.25) is 0 Å². The molecule has 0 amide bonds. The van der Waals surface area contributed by atoms with Crippen molar-refractivity contribution in [3.63, 3.8) is 0 Å². The standard InChI is InChI=1S/C22H36O6/c1-15(2)8-9-18(27-17(4)23)16(3)7-6-11-21(5)19-10-12-22(28-19,14-26-21)13-20(24)25/h8,16,18-19H,6-7,9-14H2,1-5H3,(H,24,25). The third-order valence-corrected chi connectivity index (χ3v) is 6.12. The smallest absolute Gasteiger partial charge is 0.306 e. The van der Waals surface area contributed by atoms with Crippen molar-refractivity contribution in [2.75, 3.05) is 6.61 Å². The molecule has 2 aliphatic heterocycles. The predicted octanol–water partition coefficient (Wildman–Crippen LogP) is 4.26. The Bertz CT molecular complexity index is 596. The number of hydrogen-bond donors (Lipinski definition) is 1. The van der Waals surface area contributed by atoms with E-state index >= 15 is 0 Å². The van der Waals surface area contributed by atoms with E-state index in [4.69, 9.17) is 19.3 Å². The zero-order chi connectivity index (χ0) is 20.9. The Morgan fingerprint density at radius 3 is 2.64 bits per heavy atom. The molecule has 0 radical (unpaired) electrons. The number of rotatable bonds is 10. The first kappa shape index (κ1) is 22.9. The largest absolute Gasteiger partial charge is 0.481 e. The van der Waals surface area contributed by atoms with Crippen LogP contribution in [0.15, 0.2) is 11.6 Å². The topological polar surface area (TPSA) is 82.1 Å². The summed E-state index contributed by atoms with van der Waals surface area (Å²) in [6.07, 6.45) is 7.00. The molecule has 2 saturated heterocycles. The van der Waals surface area contributed by atoms with E-state index in [0.717, 1.165) is 38.5 Å². The third-order valence-electron chi connectivity index (χ3n) is 6.12. The van der Waals surface area contributed by atoms with Crippen LogP contribution in [0.4, 0.5) is 0 Å². The lowest BCUT2D eigenvalue weighted by Crippen LogP contribution is -2.53. The number of carboxylic acid groups (broad SMARTS) is 1. The molecule has 2 rings (SSSR count). The zero-order valence-corrected chi connectivity index (χ0v) is 18.0. The average molecular weight is 397 g/mol. The first-order valence-corrected chi connectivity index (χ1v) is 10.4. The summed E-state index contributed by atoms with van der Waals surface area (Å²) < 4.78 is 17.8. The number of ether oxygens (including phenoxy) is 3. The van der Waals surface area contributed by atoms with Crippen molar-refractivity contribution in [1.82, 2.24) is 0 Å². The zero-order valence-electron chi connectivity index (χ0n) is 18.0. The van der Waals surface area contributed by atoms with E-state index in [9.17, 15) is 9.59 Å². The minimum Gasteiger partial charge on any atom is -0.481 e. The van der Waals surface area contributed by atoms with Gasteiger partial charge in [0.15, 0.2) is 0 Å². The SMILES string of the molecule is CC(=O)OC(CC=C(C)C)C(C)CCCC1(C)OCC2(CC(=O)O)CCC1O2. The van der Waals surface area contributed by atoms with Crippen LogP contribution in [0.5, 0.6) is 0 Å². The lowest BCUT2D eigenvalue weighted by atomic mass is 9.87. The van der Waals surface area contributed by atoms with Crippen molar-refractivity contribution in [3.05, 3.63) is 11.6 Å². The van der Waals surface area contributed by atoms with E-state index < -0.39 is 11.6 Å². The van der Waals surface area contributed by atoms with Gasteiger partial charge in [-0.05, 0) is 52.4 Å². The van der Waals surface area contributed by atoms with Crippen LogP contribution in [-0.4, -0.2) is 47.1 Å². The first-order valence-electron chi connectivity index (χ1n) is 10.4. The highest BCUT2D eigenvalue weighted by atomic mass is 16.6. The van der Waals surface area contributed by atoms with Gasteiger partial charge >= 0.3 is 11.9 Å².